The van der Waals surface area contributed by atoms with Gasteiger partial charge in [-0.15, -0.1) is 0 Å². The van der Waals surface area contributed by atoms with Crippen molar-refractivity contribution in [3.05, 3.63) is 52.6 Å². The van der Waals surface area contributed by atoms with E-state index < -0.39 is 11.4 Å². The van der Waals surface area contributed by atoms with Crippen molar-refractivity contribution in [2.24, 2.45) is 0 Å². The third-order valence-corrected chi connectivity index (χ3v) is 2.71. The lowest BCUT2D eigenvalue weighted by atomic mass is 10.1. The molecule has 3 nitrogen and oxygen atoms in total. The number of hydrogen-bond donors (Lipinski definition) is 1. The van der Waals surface area contributed by atoms with Gasteiger partial charge in [-0.2, -0.15) is 0 Å². The minimum atomic E-state index is -0.671. The Labute approximate surface area is 95.3 Å². The summed E-state index contributed by atoms with van der Waals surface area (Å²) >= 11 is 0. The van der Waals surface area contributed by atoms with Crippen molar-refractivity contribution in [1.82, 2.24) is 0 Å². The van der Waals surface area contributed by atoms with Gasteiger partial charge in [0, 0.05) is 16.5 Å². The van der Waals surface area contributed by atoms with Crippen LogP contribution in [0.25, 0.3) is 21.7 Å². The van der Waals surface area contributed by atoms with Crippen molar-refractivity contribution in [2.45, 2.75) is 0 Å². The van der Waals surface area contributed by atoms with Crippen LogP contribution in [-0.2, 0) is 0 Å². The first-order valence-corrected chi connectivity index (χ1v) is 5.07. The maximum Gasteiger partial charge on any atom is 0.347 e. The number of rotatable bonds is 0. The number of benzene rings is 2. The van der Waals surface area contributed by atoms with Crippen molar-refractivity contribution in [2.75, 3.05) is 5.73 Å². The summed E-state index contributed by atoms with van der Waals surface area (Å²) in [4.78, 5) is 11.7. The van der Waals surface area contributed by atoms with Gasteiger partial charge in [-0.1, -0.05) is 12.1 Å². The second kappa shape index (κ2) is 3.31. The monoisotopic (exact) mass is 229 g/mol. The van der Waals surface area contributed by atoms with Gasteiger partial charge >= 0.3 is 5.63 Å². The number of halogens is 1. The number of nitrogens with two attached hydrogens (primary N) is 1. The SMILES string of the molecule is Nc1ccc2oc(=O)c3c(F)cccc3c2c1. The van der Waals surface area contributed by atoms with Gasteiger partial charge in [-0.3, -0.25) is 0 Å². The Bertz CT molecular complexity index is 792. The summed E-state index contributed by atoms with van der Waals surface area (Å²) in [7, 11) is 0. The standard InChI is InChI=1S/C13H8FNO2/c14-10-3-1-2-8-9-6-7(15)4-5-11(9)17-13(16)12(8)10/h1-6H,15H2. The Kier molecular flexibility index (Phi) is 1.92. The second-order valence-electron chi connectivity index (χ2n) is 3.81. The Hall–Kier alpha value is -2.36. The zero-order valence-electron chi connectivity index (χ0n) is 8.74. The van der Waals surface area contributed by atoms with E-state index in [0.29, 0.717) is 22.0 Å². The molecule has 0 radical (unpaired) electrons. The van der Waals surface area contributed by atoms with Gasteiger partial charge in [0.1, 0.15) is 16.8 Å². The fourth-order valence-corrected chi connectivity index (χ4v) is 1.95. The molecule has 0 fully saturated rings. The molecule has 0 amide bonds. The highest BCUT2D eigenvalue weighted by Gasteiger charge is 2.10. The maximum absolute atomic E-state index is 13.6. The molecule has 0 atom stereocenters. The molecule has 0 unspecified atom stereocenters. The number of anilines is 1. The van der Waals surface area contributed by atoms with Gasteiger partial charge in [-0.05, 0) is 24.3 Å². The fourth-order valence-electron chi connectivity index (χ4n) is 1.95. The summed E-state index contributed by atoms with van der Waals surface area (Å²) in [6.45, 7) is 0. The van der Waals surface area contributed by atoms with Crippen LogP contribution in [0.15, 0.2) is 45.6 Å². The lowest BCUT2D eigenvalue weighted by Crippen LogP contribution is -2.02. The molecular weight excluding hydrogens is 221 g/mol. The molecule has 0 bridgehead atoms. The highest BCUT2D eigenvalue weighted by atomic mass is 19.1. The molecule has 0 aliphatic carbocycles. The fraction of sp³-hybridized carbons (Fsp3) is 0. The zero-order chi connectivity index (χ0) is 12.0. The van der Waals surface area contributed by atoms with Crippen LogP contribution >= 0.6 is 0 Å². The zero-order valence-corrected chi connectivity index (χ0v) is 8.74. The van der Waals surface area contributed by atoms with Crippen LogP contribution in [0.2, 0.25) is 0 Å². The minimum Gasteiger partial charge on any atom is -0.422 e. The van der Waals surface area contributed by atoms with Crippen LogP contribution in [-0.4, -0.2) is 0 Å². The Morgan fingerprint density at radius 3 is 2.76 bits per heavy atom. The van der Waals surface area contributed by atoms with Crippen LogP contribution in [0.5, 0.6) is 0 Å². The number of hydrogen-bond acceptors (Lipinski definition) is 3. The van der Waals surface area contributed by atoms with E-state index in [1.54, 1.807) is 30.3 Å². The first-order chi connectivity index (χ1) is 8.16. The highest BCUT2D eigenvalue weighted by molar-refractivity contribution is 6.05. The maximum atomic E-state index is 13.6. The van der Waals surface area contributed by atoms with E-state index in [4.69, 9.17) is 10.2 Å². The second-order valence-corrected chi connectivity index (χ2v) is 3.81. The van der Waals surface area contributed by atoms with Gasteiger partial charge in [0.15, 0.2) is 0 Å². The molecule has 3 aromatic rings. The van der Waals surface area contributed by atoms with Crippen LogP contribution in [0.1, 0.15) is 0 Å². The topological polar surface area (TPSA) is 56.2 Å². The van der Waals surface area contributed by atoms with E-state index in [2.05, 4.69) is 0 Å². The van der Waals surface area contributed by atoms with Crippen LogP contribution < -0.4 is 11.4 Å². The first kappa shape index (κ1) is 9.84. The molecule has 17 heavy (non-hydrogen) atoms. The van der Waals surface area contributed by atoms with Crippen LogP contribution in [0, 0.1) is 5.82 Å². The van der Waals surface area contributed by atoms with Gasteiger partial charge in [0.05, 0.1) is 0 Å². The molecule has 2 aromatic carbocycles. The van der Waals surface area contributed by atoms with E-state index in [1.807, 2.05) is 0 Å². The van der Waals surface area contributed by atoms with Gasteiger partial charge in [0.2, 0.25) is 0 Å². The summed E-state index contributed by atoms with van der Waals surface area (Å²) in [5, 5.41) is 1.12. The van der Waals surface area contributed by atoms with Gasteiger partial charge < -0.3 is 10.2 Å². The molecule has 0 spiro atoms. The van der Waals surface area contributed by atoms with Crippen LogP contribution in [0.4, 0.5) is 10.1 Å². The summed E-state index contributed by atoms with van der Waals surface area (Å²) in [6.07, 6.45) is 0. The molecule has 1 heterocycles. The molecule has 0 aliphatic rings. The van der Waals surface area contributed by atoms with E-state index in [-0.39, 0.29) is 5.39 Å². The molecule has 0 saturated carbocycles. The molecule has 0 saturated heterocycles. The average Bonchev–Trinajstić information content (AvgIpc) is 2.30. The summed E-state index contributed by atoms with van der Waals surface area (Å²) in [5.41, 5.74) is 5.95. The van der Waals surface area contributed by atoms with Crippen molar-refractivity contribution in [3.63, 3.8) is 0 Å². The van der Waals surface area contributed by atoms with E-state index in [1.165, 1.54) is 6.07 Å². The van der Waals surface area contributed by atoms with Crippen molar-refractivity contribution >= 4 is 27.4 Å². The molecule has 0 aliphatic heterocycles. The summed E-state index contributed by atoms with van der Waals surface area (Å²) in [5.74, 6) is -0.583. The quantitative estimate of drug-likeness (QED) is 0.366. The predicted octanol–water partition coefficient (Wildman–Crippen LogP) is 2.67. The Morgan fingerprint density at radius 1 is 1.12 bits per heavy atom. The Morgan fingerprint density at radius 2 is 1.94 bits per heavy atom. The lowest BCUT2D eigenvalue weighted by Gasteiger charge is -2.03. The molecule has 4 heteroatoms. The lowest BCUT2D eigenvalue weighted by molar-refractivity contribution is 0.561. The third-order valence-electron chi connectivity index (χ3n) is 2.71. The van der Waals surface area contributed by atoms with E-state index in [9.17, 15) is 9.18 Å². The van der Waals surface area contributed by atoms with E-state index in [0.717, 1.165) is 0 Å². The molecular formula is C13H8FNO2. The highest BCUT2D eigenvalue weighted by Crippen LogP contribution is 2.25. The molecule has 84 valence electrons. The largest absolute Gasteiger partial charge is 0.422 e. The Balaban J connectivity index is 2.67. The van der Waals surface area contributed by atoms with Crippen molar-refractivity contribution in [1.29, 1.82) is 0 Å². The predicted molar refractivity (Wildman–Crippen MR) is 64.4 cm³/mol. The van der Waals surface area contributed by atoms with Gasteiger partial charge in [-0.25, -0.2) is 9.18 Å². The molecule has 2 N–H and O–H groups in total. The van der Waals surface area contributed by atoms with Crippen molar-refractivity contribution in [3.8, 4) is 0 Å². The van der Waals surface area contributed by atoms with Crippen LogP contribution in [0.3, 0.4) is 0 Å². The third kappa shape index (κ3) is 1.38. The molecule has 1 aromatic heterocycles. The minimum absolute atomic E-state index is 0.0365. The van der Waals surface area contributed by atoms with Crippen molar-refractivity contribution < 1.29 is 8.81 Å². The summed E-state index contributed by atoms with van der Waals surface area (Å²) < 4.78 is 18.6. The normalized spacial score (nSPS) is 11.1. The average molecular weight is 229 g/mol. The number of fused-ring (bicyclic) bond motifs is 3. The first-order valence-electron chi connectivity index (χ1n) is 5.07. The molecule has 3 rings (SSSR count). The summed E-state index contributed by atoms with van der Waals surface area (Å²) in [6, 6.07) is 9.38. The van der Waals surface area contributed by atoms with E-state index >= 15 is 0 Å². The smallest absolute Gasteiger partial charge is 0.347 e. The number of nitrogen functional groups attached to an aromatic ring is 1. The van der Waals surface area contributed by atoms with Gasteiger partial charge in [0.25, 0.3) is 0 Å².